The van der Waals surface area contributed by atoms with Crippen LogP contribution in [0.15, 0.2) is 29.6 Å². The second-order valence-electron chi connectivity index (χ2n) is 5.52. The number of hydrogen-bond donors (Lipinski definition) is 1. The lowest BCUT2D eigenvalue weighted by Gasteiger charge is -2.36. The Morgan fingerprint density at radius 1 is 1.17 bits per heavy atom. The van der Waals surface area contributed by atoms with E-state index in [1.807, 2.05) is 4.90 Å². The topological polar surface area (TPSA) is 15.3 Å². The smallest absolute Gasteiger partial charge is 0.314 e. The summed E-state index contributed by atoms with van der Waals surface area (Å²) in [7, 11) is 0. The predicted molar refractivity (Wildman–Crippen MR) is 87.0 cm³/mol. The highest BCUT2D eigenvalue weighted by Crippen LogP contribution is 2.43. The van der Waals surface area contributed by atoms with Gasteiger partial charge in [0.2, 0.25) is 0 Å². The molecular weight excluding hydrogens is 364 g/mol. The Hall–Kier alpha value is -1.15. The van der Waals surface area contributed by atoms with Crippen LogP contribution < -0.4 is 5.32 Å². The number of rotatable bonds is 3. The average molecular weight is 379 g/mol. The fraction of sp³-hybridized carbons (Fsp3) is 0.375. The van der Waals surface area contributed by atoms with E-state index < -0.39 is 23.6 Å². The molecule has 1 fully saturated rings. The number of thiophene rings is 1. The summed E-state index contributed by atoms with van der Waals surface area (Å²) in [5, 5.41) is 4.64. The fourth-order valence-electron chi connectivity index (χ4n) is 2.97. The van der Waals surface area contributed by atoms with Gasteiger partial charge in [-0.05, 0) is 23.6 Å². The first kappa shape index (κ1) is 17.7. The maximum Gasteiger partial charge on any atom is 0.416 e. The minimum Gasteiger partial charge on any atom is -0.314 e. The second-order valence-corrected chi connectivity index (χ2v) is 6.91. The molecule has 0 spiro atoms. The minimum absolute atomic E-state index is 0.297. The highest BCUT2D eigenvalue weighted by Gasteiger charge is 2.40. The van der Waals surface area contributed by atoms with Gasteiger partial charge in [0.1, 0.15) is 5.82 Å². The Labute approximate surface area is 146 Å². The molecule has 2 heterocycles. The van der Waals surface area contributed by atoms with Crippen LogP contribution in [0, 0.1) is 5.82 Å². The zero-order valence-electron chi connectivity index (χ0n) is 12.5. The highest BCUT2D eigenvalue weighted by molar-refractivity contribution is 7.10. The van der Waals surface area contributed by atoms with Crippen LogP contribution in [0.2, 0.25) is 5.02 Å². The maximum atomic E-state index is 14.7. The fourth-order valence-corrected chi connectivity index (χ4v) is 4.00. The molecule has 24 heavy (non-hydrogen) atoms. The normalized spacial score (nSPS) is 17.9. The van der Waals surface area contributed by atoms with Crippen molar-refractivity contribution in [3.8, 4) is 0 Å². The molecule has 3 rings (SSSR count). The summed E-state index contributed by atoms with van der Waals surface area (Å²) in [6.07, 6.45) is -4.65. The van der Waals surface area contributed by atoms with Crippen LogP contribution in [0.3, 0.4) is 0 Å². The molecular formula is C16H15ClF4N2S. The molecule has 130 valence electrons. The summed E-state index contributed by atoms with van der Waals surface area (Å²) >= 11 is 7.12. The molecule has 1 aromatic heterocycles. The van der Waals surface area contributed by atoms with Gasteiger partial charge in [0.15, 0.2) is 0 Å². The molecule has 0 bridgehead atoms. The van der Waals surface area contributed by atoms with Gasteiger partial charge >= 0.3 is 6.18 Å². The lowest BCUT2D eigenvalue weighted by atomic mass is 9.96. The van der Waals surface area contributed by atoms with Crippen molar-refractivity contribution in [3.63, 3.8) is 0 Å². The van der Waals surface area contributed by atoms with Gasteiger partial charge in [-0.25, -0.2) is 4.39 Å². The van der Waals surface area contributed by atoms with Gasteiger partial charge in [-0.2, -0.15) is 13.2 Å². The second kappa shape index (κ2) is 7.00. The molecule has 8 heteroatoms. The molecule has 1 saturated heterocycles. The van der Waals surface area contributed by atoms with Gasteiger partial charge < -0.3 is 5.32 Å². The molecule has 0 radical (unpaired) electrons. The van der Waals surface area contributed by atoms with Crippen molar-refractivity contribution in [2.45, 2.75) is 12.2 Å². The SMILES string of the molecule is Fc1c(Cl)ccc(C(F)(F)F)c1[C@@H](c1cccs1)N1CCNCC1. The van der Waals surface area contributed by atoms with Gasteiger partial charge in [-0.15, -0.1) is 11.3 Å². The lowest BCUT2D eigenvalue weighted by molar-refractivity contribution is -0.138. The summed E-state index contributed by atoms with van der Waals surface area (Å²) in [5.74, 6) is -0.997. The van der Waals surface area contributed by atoms with E-state index in [2.05, 4.69) is 5.32 Å². The van der Waals surface area contributed by atoms with E-state index >= 15 is 0 Å². The quantitative estimate of drug-likeness (QED) is 0.788. The van der Waals surface area contributed by atoms with E-state index in [0.29, 0.717) is 31.1 Å². The van der Waals surface area contributed by atoms with Crippen LogP contribution in [0.1, 0.15) is 22.0 Å². The summed E-state index contributed by atoms with van der Waals surface area (Å²) < 4.78 is 55.2. The van der Waals surface area contributed by atoms with Crippen LogP contribution in [-0.4, -0.2) is 31.1 Å². The van der Waals surface area contributed by atoms with Gasteiger partial charge in [0, 0.05) is 36.6 Å². The van der Waals surface area contributed by atoms with E-state index in [1.54, 1.807) is 17.5 Å². The first-order valence-corrected chi connectivity index (χ1v) is 8.68. The van der Waals surface area contributed by atoms with Crippen LogP contribution in [0.25, 0.3) is 0 Å². The number of alkyl halides is 3. The molecule has 1 aliphatic heterocycles. The summed E-state index contributed by atoms with van der Waals surface area (Å²) in [5.41, 5.74) is -1.36. The van der Waals surface area contributed by atoms with Crippen molar-refractivity contribution < 1.29 is 17.6 Å². The Morgan fingerprint density at radius 2 is 1.88 bits per heavy atom. The molecule has 0 aliphatic carbocycles. The molecule has 1 aromatic carbocycles. The predicted octanol–water partition coefficient (Wildman–Crippen LogP) is 4.55. The number of hydrogen-bond acceptors (Lipinski definition) is 3. The largest absolute Gasteiger partial charge is 0.416 e. The van der Waals surface area contributed by atoms with E-state index in [-0.39, 0.29) is 10.6 Å². The Kier molecular flexibility index (Phi) is 5.15. The summed E-state index contributed by atoms with van der Waals surface area (Å²) in [6, 6.07) is 4.51. The molecule has 1 aliphatic rings. The van der Waals surface area contributed by atoms with Crippen LogP contribution >= 0.6 is 22.9 Å². The van der Waals surface area contributed by atoms with Crippen molar-refractivity contribution in [1.29, 1.82) is 0 Å². The number of piperazine rings is 1. The van der Waals surface area contributed by atoms with Crippen LogP contribution in [0.5, 0.6) is 0 Å². The van der Waals surface area contributed by atoms with E-state index in [1.165, 1.54) is 11.3 Å². The van der Waals surface area contributed by atoms with Crippen molar-refractivity contribution in [2.24, 2.45) is 0 Å². The van der Waals surface area contributed by atoms with Gasteiger partial charge in [0.05, 0.1) is 16.6 Å². The third-order valence-corrected chi connectivity index (χ3v) is 5.26. The van der Waals surface area contributed by atoms with E-state index in [4.69, 9.17) is 11.6 Å². The number of halogens is 5. The molecule has 0 saturated carbocycles. The summed E-state index contributed by atoms with van der Waals surface area (Å²) in [6.45, 7) is 2.36. The summed E-state index contributed by atoms with van der Waals surface area (Å²) in [4.78, 5) is 2.54. The van der Waals surface area contributed by atoms with Crippen molar-refractivity contribution in [2.75, 3.05) is 26.2 Å². The molecule has 0 unspecified atom stereocenters. The van der Waals surface area contributed by atoms with Crippen molar-refractivity contribution in [3.05, 3.63) is 56.5 Å². The van der Waals surface area contributed by atoms with Crippen molar-refractivity contribution in [1.82, 2.24) is 10.2 Å². The molecule has 2 aromatic rings. The minimum atomic E-state index is -4.65. The zero-order valence-corrected chi connectivity index (χ0v) is 14.1. The van der Waals surface area contributed by atoms with E-state index in [9.17, 15) is 17.6 Å². The standard InChI is InChI=1S/C16H15ClF4N2S/c17-11-4-3-10(16(19,20)21)13(14(11)18)15(12-2-1-9-24-12)23-7-5-22-6-8-23/h1-4,9,15,22H,5-8H2/t15-/m1/s1. The first-order valence-electron chi connectivity index (χ1n) is 7.43. The van der Waals surface area contributed by atoms with Crippen LogP contribution in [-0.2, 0) is 6.18 Å². The van der Waals surface area contributed by atoms with E-state index in [0.717, 1.165) is 12.1 Å². The number of benzene rings is 1. The molecule has 2 nitrogen and oxygen atoms in total. The molecule has 1 atom stereocenters. The molecule has 1 N–H and O–H groups in total. The first-order chi connectivity index (χ1) is 11.4. The average Bonchev–Trinajstić information content (AvgIpc) is 3.06. The van der Waals surface area contributed by atoms with Crippen molar-refractivity contribution >= 4 is 22.9 Å². The Morgan fingerprint density at radius 3 is 2.46 bits per heavy atom. The van der Waals surface area contributed by atoms with Crippen LogP contribution in [0.4, 0.5) is 17.6 Å². The third-order valence-electron chi connectivity index (χ3n) is 4.04. The molecule has 0 amide bonds. The highest BCUT2D eigenvalue weighted by atomic mass is 35.5. The number of nitrogens with one attached hydrogen (secondary N) is 1. The Bertz CT molecular complexity index is 697. The number of nitrogens with zero attached hydrogens (tertiary/aromatic N) is 1. The monoisotopic (exact) mass is 378 g/mol. The third kappa shape index (κ3) is 3.44. The maximum absolute atomic E-state index is 14.7. The van der Waals surface area contributed by atoms with Gasteiger partial charge in [0.25, 0.3) is 0 Å². The van der Waals surface area contributed by atoms with Gasteiger partial charge in [-0.1, -0.05) is 17.7 Å². The zero-order chi connectivity index (χ0) is 17.3. The Balaban J connectivity index is 2.19. The van der Waals surface area contributed by atoms with Gasteiger partial charge in [-0.3, -0.25) is 4.90 Å². The lowest BCUT2D eigenvalue weighted by Crippen LogP contribution is -2.45.